The quantitative estimate of drug-likeness (QED) is 0.244. The Morgan fingerprint density at radius 1 is 0.571 bits per heavy atom. The molecule has 0 aliphatic carbocycles. The SMILES string of the molecule is O.O=[N+]([O-])[O-].O=[N+]([O-])[O-].O=[N+]([O-])[O-].[Bi+3]. The van der Waals surface area contributed by atoms with Crippen LogP contribution in [0.3, 0.4) is 0 Å². The van der Waals surface area contributed by atoms with Crippen molar-refractivity contribution in [3.8, 4) is 0 Å². The van der Waals surface area contributed by atoms with Crippen LogP contribution in [0.5, 0.6) is 0 Å². The summed E-state index contributed by atoms with van der Waals surface area (Å²) in [6, 6.07) is 0. The van der Waals surface area contributed by atoms with Gasteiger partial charge in [-0.3, -0.25) is 0 Å². The molecular weight excluding hydrogens is 411 g/mol. The van der Waals surface area contributed by atoms with E-state index in [9.17, 15) is 0 Å². The summed E-state index contributed by atoms with van der Waals surface area (Å²) in [6.07, 6.45) is 0. The van der Waals surface area contributed by atoms with E-state index in [0.29, 0.717) is 0 Å². The van der Waals surface area contributed by atoms with Crippen LogP contribution >= 0.6 is 0 Å². The maximum absolute atomic E-state index is 8.25. The zero-order chi connectivity index (χ0) is 10.7. The van der Waals surface area contributed by atoms with E-state index < -0.39 is 15.3 Å². The second kappa shape index (κ2) is 22.5. The minimum atomic E-state index is -1.75. The number of hydrogen-bond acceptors (Lipinski definition) is 9. The molecule has 0 bridgehead atoms. The summed E-state index contributed by atoms with van der Waals surface area (Å²) in [5.41, 5.74) is 0. The van der Waals surface area contributed by atoms with Crippen LogP contribution in [0.4, 0.5) is 0 Å². The molecule has 0 aromatic rings. The molecule has 0 rings (SSSR count). The summed E-state index contributed by atoms with van der Waals surface area (Å²) in [5.74, 6) is 0. The third kappa shape index (κ3) is 384. The molecule has 0 aliphatic heterocycles. The minimum absolute atomic E-state index is 0. The molecule has 0 aliphatic rings. The summed E-state index contributed by atoms with van der Waals surface area (Å²) in [6.45, 7) is 0. The molecule has 2 radical (unpaired) electrons. The second-order valence-corrected chi connectivity index (χ2v) is 0.671. The van der Waals surface area contributed by atoms with Crippen LogP contribution in [-0.2, 0) is 0 Å². The van der Waals surface area contributed by atoms with Gasteiger partial charge in [-0.25, -0.2) is 0 Å². The van der Waals surface area contributed by atoms with Gasteiger partial charge in [0.25, 0.3) is 0 Å². The van der Waals surface area contributed by atoms with Gasteiger partial charge < -0.3 is 51.4 Å². The van der Waals surface area contributed by atoms with Crippen molar-refractivity contribution in [2.45, 2.75) is 0 Å². The van der Waals surface area contributed by atoms with Crippen molar-refractivity contribution in [1.82, 2.24) is 0 Å². The first-order valence-electron chi connectivity index (χ1n) is 1.64. The van der Waals surface area contributed by atoms with Gasteiger partial charge in [0.1, 0.15) is 0 Å². The van der Waals surface area contributed by atoms with Crippen molar-refractivity contribution >= 4 is 26.2 Å². The van der Waals surface area contributed by atoms with E-state index in [1.165, 1.54) is 0 Å². The van der Waals surface area contributed by atoms with Gasteiger partial charge in [-0.1, -0.05) is 0 Å². The smallest absolute Gasteiger partial charge is 0.412 e. The van der Waals surface area contributed by atoms with Gasteiger partial charge in [0, 0.05) is 0 Å². The van der Waals surface area contributed by atoms with Crippen LogP contribution in [0.2, 0.25) is 0 Å². The Morgan fingerprint density at radius 3 is 0.571 bits per heavy atom. The molecule has 0 saturated carbocycles. The topological polar surface area (TPSA) is 230 Å². The molecule has 0 amide bonds. The molecule has 0 aromatic carbocycles. The number of hydrogen-bond donors (Lipinski definition) is 0. The van der Waals surface area contributed by atoms with E-state index in [-0.39, 0.29) is 31.7 Å². The zero-order valence-electron chi connectivity index (χ0n) is 5.96. The first-order chi connectivity index (χ1) is 5.20. The van der Waals surface area contributed by atoms with E-state index >= 15 is 0 Å². The van der Waals surface area contributed by atoms with Gasteiger partial charge in [0.2, 0.25) is 0 Å². The Hall–Kier alpha value is -1.56. The first-order valence-corrected chi connectivity index (χ1v) is 1.64. The van der Waals surface area contributed by atoms with Gasteiger partial charge in [-0.05, 0) is 0 Å². The average Bonchev–Trinajstić information content (AvgIpc) is 1.54. The van der Waals surface area contributed by atoms with Crippen molar-refractivity contribution in [1.29, 1.82) is 0 Å². The van der Waals surface area contributed by atoms with Gasteiger partial charge >= 0.3 is 26.2 Å². The fourth-order valence-electron chi connectivity index (χ4n) is 0. The maximum atomic E-state index is 8.25. The van der Waals surface area contributed by atoms with Crippen LogP contribution in [0.15, 0.2) is 0 Å². The normalized spacial score (nSPS) is 5.14. The summed E-state index contributed by atoms with van der Waals surface area (Å²) in [7, 11) is 0. The zero-order valence-corrected chi connectivity index (χ0v) is 9.44. The Morgan fingerprint density at radius 2 is 0.571 bits per heavy atom. The molecule has 0 unspecified atom stereocenters. The monoisotopic (exact) mass is 413 g/mol. The molecule has 0 fully saturated rings. The Balaban J connectivity index is -0.0000000270. The van der Waals surface area contributed by atoms with E-state index in [1.807, 2.05) is 0 Å². The molecule has 0 spiro atoms. The van der Waals surface area contributed by atoms with Gasteiger partial charge in [-0.15, -0.1) is 0 Å². The molecule has 0 heterocycles. The predicted octanol–water partition coefficient (Wildman–Crippen LogP) is -1.92. The fraction of sp³-hybridized carbons (Fsp3) is 0. The molecule has 82 valence electrons. The maximum Gasteiger partial charge on any atom is 3.00 e. The van der Waals surface area contributed by atoms with Gasteiger partial charge in [0.15, 0.2) is 0 Å². The van der Waals surface area contributed by atoms with Crippen molar-refractivity contribution in [2.24, 2.45) is 0 Å². The molecule has 14 heavy (non-hydrogen) atoms. The van der Waals surface area contributed by atoms with E-state index in [0.717, 1.165) is 0 Å². The summed E-state index contributed by atoms with van der Waals surface area (Å²) in [5, 5.41) is 44.2. The third-order valence-electron chi connectivity index (χ3n) is 0. The molecule has 2 N–H and O–H groups in total. The van der Waals surface area contributed by atoms with Crippen molar-refractivity contribution in [3.05, 3.63) is 46.0 Å². The summed E-state index contributed by atoms with van der Waals surface area (Å²) >= 11 is 0. The van der Waals surface area contributed by atoms with Crippen LogP contribution in [0, 0.1) is 46.0 Å². The van der Waals surface area contributed by atoms with Crippen LogP contribution in [0.1, 0.15) is 0 Å². The molecule has 14 heteroatoms. The minimum Gasteiger partial charge on any atom is -0.412 e. The molecule has 0 atom stereocenters. The van der Waals surface area contributed by atoms with E-state index in [4.69, 9.17) is 46.0 Å². The summed E-state index contributed by atoms with van der Waals surface area (Å²) < 4.78 is 0. The van der Waals surface area contributed by atoms with Crippen LogP contribution < -0.4 is 0 Å². The van der Waals surface area contributed by atoms with Crippen molar-refractivity contribution in [2.75, 3.05) is 0 Å². The number of rotatable bonds is 0. The molecule has 0 aromatic heterocycles. The second-order valence-electron chi connectivity index (χ2n) is 0.671. The first kappa shape index (κ1) is 29.4. The van der Waals surface area contributed by atoms with E-state index in [2.05, 4.69) is 0 Å². The standard InChI is InChI=1S/Bi.3NO3.H2O/c;3*2-1(3)4;/h;;;;1H2/q+3;3*-1;. The van der Waals surface area contributed by atoms with E-state index in [1.54, 1.807) is 0 Å². The summed E-state index contributed by atoms with van der Waals surface area (Å²) in [4.78, 5) is 24.8. The van der Waals surface area contributed by atoms with Crippen LogP contribution in [-0.4, -0.2) is 46.9 Å². The molecular formula is H2BiN3O10. The Bertz CT molecular complexity index is 113. The van der Waals surface area contributed by atoms with Crippen molar-refractivity contribution < 1.29 is 20.7 Å². The third-order valence-corrected chi connectivity index (χ3v) is 0. The van der Waals surface area contributed by atoms with Crippen molar-refractivity contribution in [3.63, 3.8) is 0 Å². The predicted molar refractivity (Wildman–Crippen MR) is 40.5 cm³/mol. The number of nitrogens with zero attached hydrogens (tertiary/aromatic N) is 3. The van der Waals surface area contributed by atoms with Gasteiger partial charge in [-0.2, -0.15) is 0 Å². The van der Waals surface area contributed by atoms with Gasteiger partial charge in [0.05, 0.1) is 15.3 Å². The Kier molecular flexibility index (Phi) is 47.3. The average molecular weight is 413 g/mol. The molecule has 0 saturated heterocycles. The molecule has 13 nitrogen and oxygen atoms in total. The Labute approximate surface area is 93.3 Å². The fourth-order valence-corrected chi connectivity index (χ4v) is 0. The largest absolute Gasteiger partial charge is 3.00 e. The van der Waals surface area contributed by atoms with Crippen LogP contribution in [0.25, 0.3) is 0 Å².